The van der Waals surface area contributed by atoms with Gasteiger partial charge >= 0.3 is 0 Å². The fourth-order valence-electron chi connectivity index (χ4n) is 3.23. The highest BCUT2D eigenvalue weighted by atomic mass is 35.5. The topological polar surface area (TPSA) is 128 Å². The molecule has 0 aliphatic carbocycles. The molecule has 0 saturated carbocycles. The molecule has 2 atom stereocenters. The van der Waals surface area contributed by atoms with Gasteiger partial charge in [0.05, 0.1) is 24.4 Å². The molecule has 0 spiro atoms. The molecule has 2 heterocycles. The lowest BCUT2D eigenvalue weighted by Gasteiger charge is -2.20. The highest BCUT2D eigenvalue weighted by Gasteiger charge is 2.25. The van der Waals surface area contributed by atoms with Crippen molar-refractivity contribution < 1.29 is 19.7 Å². The van der Waals surface area contributed by atoms with E-state index in [0.717, 1.165) is 0 Å². The number of nitrogens with one attached hydrogen (secondary N) is 1. The average Bonchev–Trinajstić information content (AvgIpc) is 3.33. The summed E-state index contributed by atoms with van der Waals surface area (Å²) >= 11 is 6.15. The Balaban J connectivity index is 1.78. The standard InChI is InChI=1S/C22H28ClN5O4/c1-14(2)9-18(22(31)25-20-7-8-27(26-20)11-15(24)13-29)28-12-16(10-21(28)30)32-19-6-4-3-5-17(19)23/h3-8,10,12,14-15,18,29-30H,9,11,13,24H2,1-2H3,(H,25,26,31)/t15-,18+/m1/s1. The first-order chi connectivity index (χ1) is 15.3. The lowest BCUT2D eigenvalue weighted by Crippen LogP contribution is -2.30. The predicted octanol–water partition coefficient (Wildman–Crippen LogP) is 3.38. The van der Waals surface area contributed by atoms with E-state index in [0.29, 0.717) is 35.3 Å². The van der Waals surface area contributed by atoms with Crippen LogP contribution in [0.25, 0.3) is 0 Å². The number of hydrogen-bond donors (Lipinski definition) is 4. The number of amides is 1. The minimum absolute atomic E-state index is 0.104. The summed E-state index contributed by atoms with van der Waals surface area (Å²) in [6.07, 6.45) is 3.73. The van der Waals surface area contributed by atoms with E-state index >= 15 is 0 Å². The number of aliphatic hydroxyl groups excluding tert-OH is 1. The van der Waals surface area contributed by atoms with Gasteiger partial charge in [-0.2, -0.15) is 5.10 Å². The van der Waals surface area contributed by atoms with Gasteiger partial charge in [-0.05, 0) is 24.5 Å². The van der Waals surface area contributed by atoms with Crippen LogP contribution in [0.15, 0.2) is 48.8 Å². The maximum Gasteiger partial charge on any atom is 0.248 e. The lowest BCUT2D eigenvalue weighted by molar-refractivity contribution is -0.119. The Labute approximate surface area is 191 Å². The van der Waals surface area contributed by atoms with Crippen LogP contribution in [0.1, 0.15) is 26.3 Å². The van der Waals surface area contributed by atoms with Crippen molar-refractivity contribution in [3.8, 4) is 17.4 Å². The first-order valence-corrected chi connectivity index (χ1v) is 10.7. The molecular weight excluding hydrogens is 434 g/mol. The number of carbonyl (C=O) groups is 1. The molecule has 0 bridgehead atoms. The minimum Gasteiger partial charge on any atom is -0.494 e. The van der Waals surface area contributed by atoms with E-state index in [1.807, 2.05) is 13.8 Å². The van der Waals surface area contributed by atoms with Crippen LogP contribution in [0.2, 0.25) is 5.02 Å². The van der Waals surface area contributed by atoms with Crippen LogP contribution in [0.5, 0.6) is 17.4 Å². The second kappa shape index (κ2) is 10.5. The third kappa shape index (κ3) is 6.03. The summed E-state index contributed by atoms with van der Waals surface area (Å²) in [6.45, 7) is 4.15. The van der Waals surface area contributed by atoms with E-state index in [2.05, 4.69) is 10.4 Å². The van der Waals surface area contributed by atoms with Gasteiger partial charge < -0.3 is 30.6 Å². The second-order valence-electron chi connectivity index (χ2n) is 7.97. The van der Waals surface area contributed by atoms with Gasteiger partial charge in [0, 0.05) is 24.4 Å². The van der Waals surface area contributed by atoms with Crippen LogP contribution < -0.4 is 15.8 Å². The van der Waals surface area contributed by atoms with E-state index in [-0.39, 0.29) is 24.3 Å². The largest absolute Gasteiger partial charge is 0.494 e. The lowest BCUT2D eigenvalue weighted by atomic mass is 10.0. The molecule has 0 fully saturated rings. The Hall–Kier alpha value is -3.01. The van der Waals surface area contributed by atoms with Gasteiger partial charge in [0.15, 0.2) is 11.7 Å². The number of aliphatic hydroxyl groups is 1. The van der Waals surface area contributed by atoms with Crippen LogP contribution in [0, 0.1) is 5.92 Å². The van der Waals surface area contributed by atoms with Crippen molar-refractivity contribution in [3.05, 3.63) is 53.8 Å². The predicted molar refractivity (Wildman–Crippen MR) is 122 cm³/mol. The molecule has 10 heteroatoms. The number of aromatic nitrogens is 3. The van der Waals surface area contributed by atoms with Crippen molar-refractivity contribution in [2.24, 2.45) is 11.7 Å². The van der Waals surface area contributed by atoms with Crippen LogP contribution in [0.3, 0.4) is 0 Å². The maximum atomic E-state index is 13.1. The zero-order chi connectivity index (χ0) is 23.3. The van der Waals surface area contributed by atoms with Gasteiger partial charge in [0.25, 0.3) is 0 Å². The third-order valence-electron chi connectivity index (χ3n) is 4.75. The van der Waals surface area contributed by atoms with Crippen molar-refractivity contribution >= 4 is 23.3 Å². The number of rotatable bonds is 10. The molecule has 172 valence electrons. The number of ether oxygens (including phenoxy) is 1. The molecule has 1 aromatic carbocycles. The number of benzene rings is 1. The van der Waals surface area contributed by atoms with Crippen molar-refractivity contribution in [2.45, 2.75) is 38.9 Å². The van der Waals surface area contributed by atoms with Crippen LogP contribution >= 0.6 is 11.6 Å². The SMILES string of the molecule is CC(C)C[C@@H](C(=O)Nc1ccn(C[C@@H](N)CO)n1)n1cc(Oc2ccccc2Cl)cc1O. The summed E-state index contributed by atoms with van der Waals surface area (Å²) in [5, 5.41) is 27.1. The number of anilines is 1. The molecule has 9 nitrogen and oxygen atoms in total. The molecule has 0 saturated heterocycles. The summed E-state index contributed by atoms with van der Waals surface area (Å²) in [7, 11) is 0. The molecule has 3 rings (SSSR count). The fraction of sp³-hybridized carbons (Fsp3) is 0.364. The number of para-hydroxylation sites is 1. The molecule has 1 amide bonds. The van der Waals surface area contributed by atoms with Crippen molar-refractivity contribution in [2.75, 3.05) is 11.9 Å². The number of nitrogens with two attached hydrogens (primary N) is 1. The molecule has 3 aromatic rings. The Morgan fingerprint density at radius 1 is 1.31 bits per heavy atom. The number of hydrogen-bond acceptors (Lipinski definition) is 6. The number of carbonyl (C=O) groups excluding carboxylic acids is 1. The highest BCUT2D eigenvalue weighted by Crippen LogP contribution is 2.34. The molecule has 5 N–H and O–H groups in total. The number of aromatic hydroxyl groups is 1. The number of nitrogens with zero attached hydrogens (tertiary/aromatic N) is 3. The van der Waals surface area contributed by atoms with Crippen molar-refractivity contribution in [3.63, 3.8) is 0 Å². The first-order valence-electron chi connectivity index (χ1n) is 10.3. The van der Waals surface area contributed by atoms with Crippen molar-refractivity contribution in [1.82, 2.24) is 14.3 Å². The van der Waals surface area contributed by atoms with E-state index < -0.39 is 12.1 Å². The number of halogens is 1. The molecule has 0 radical (unpaired) electrons. The van der Waals surface area contributed by atoms with Crippen LogP contribution in [-0.2, 0) is 11.3 Å². The first kappa shape index (κ1) is 23.6. The van der Waals surface area contributed by atoms with E-state index in [1.165, 1.54) is 10.6 Å². The summed E-state index contributed by atoms with van der Waals surface area (Å²) in [6, 6.07) is 8.96. The highest BCUT2D eigenvalue weighted by molar-refractivity contribution is 6.32. The molecule has 0 unspecified atom stereocenters. The monoisotopic (exact) mass is 461 g/mol. The zero-order valence-corrected chi connectivity index (χ0v) is 18.7. The van der Waals surface area contributed by atoms with Gasteiger partial charge in [-0.15, -0.1) is 0 Å². The summed E-state index contributed by atoms with van der Waals surface area (Å²) in [4.78, 5) is 13.1. The smallest absolute Gasteiger partial charge is 0.248 e. The van der Waals surface area contributed by atoms with Gasteiger partial charge in [0.1, 0.15) is 17.5 Å². The molecule has 0 aliphatic rings. The fourth-order valence-corrected chi connectivity index (χ4v) is 3.41. The van der Waals surface area contributed by atoms with Gasteiger partial charge in [-0.1, -0.05) is 37.6 Å². The van der Waals surface area contributed by atoms with Crippen molar-refractivity contribution in [1.29, 1.82) is 0 Å². The Morgan fingerprint density at radius 2 is 2.06 bits per heavy atom. The van der Waals surface area contributed by atoms with Gasteiger partial charge in [-0.3, -0.25) is 9.48 Å². The van der Waals surface area contributed by atoms with Crippen LogP contribution in [0.4, 0.5) is 5.82 Å². The van der Waals surface area contributed by atoms with Gasteiger partial charge in [0.2, 0.25) is 5.91 Å². The van der Waals surface area contributed by atoms with E-state index in [9.17, 15) is 9.90 Å². The molecule has 32 heavy (non-hydrogen) atoms. The molecular formula is C22H28ClN5O4. The Bertz CT molecular complexity index is 1050. The molecule has 0 aliphatic heterocycles. The summed E-state index contributed by atoms with van der Waals surface area (Å²) < 4.78 is 8.81. The van der Waals surface area contributed by atoms with E-state index in [4.69, 9.17) is 27.2 Å². The quantitative estimate of drug-likeness (QED) is 0.366. The Morgan fingerprint density at radius 3 is 2.75 bits per heavy atom. The Kier molecular flexibility index (Phi) is 7.79. The minimum atomic E-state index is -0.691. The summed E-state index contributed by atoms with van der Waals surface area (Å²) in [5.74, 6) is 0.911. The summed E-state index contributed by atoms with van der Waals surface area (Å²) in [5.41, 5.74) is 5.73. The second-order valence-corrected chi connectivity index (χ2v) is 8.38. The van der Waals surface area contributed by atoms with Gasteiger partial charge in [-0.25, -0.2) is 0 Å². The van der Waals surface area contributed by atoms with E-state index in [1.54, 1.807) is 47.4 Å². The zero-order valence-electron chi connectivity index (χ0n) is 18.0. The van der Waals surface area contributed by atoms with Crippen LogP contribution in [-0.4, -0.2) is 43.1 Å². The molecule has 2 aromatic heterocycles. The third-order valence-corrected chi connectivity index (χ3v) is 5.06. The average molecular weight is 462 g/mol. The maximum absolute atomic E-state index is 13.1. The normalized spacial score (nSPS) is 13.2.